The van der Waals surface area contributed by atoms with E-state index >= 15 is 0 Å². The summed E-state index contributed by atoms with van der Waals surface area (Å²) in [6.45, 7) is 0.170. The van der Waals surface area contributed by atoms with Gasteiger partial charge in [0.05, 0.1) is 5.69 Å². The van der Waals surface area contributed by atoms with E-state index in [1.54, 1.807) is 7.05 Å². The fourth-order valence-corrected chi connectivity index (χ4v) is 1.87. The molecule has 0 radical (unpaired) electrons. The van der Waals surface area contributed by atoms with Crippen molar-refractivity contribution < 1.29 is 4.74 Å². The second kappa shape index (κ2) is 5.44. The number of rotatable bonds is 3. The molecule has 0 fully saturated rings. The van der Waals surface area contributed by atoms with E-state index in [1.165, 1.54) is 17.7 Å². The third kappa shape index (κ3) is 2.96. The molecule has 0 spiro atoms. The van der Waals surface area contributed by atoms with Gasteiger partial charge in [0.2, 0.25) is 0 Å². The molecule has 19 heavy (non-hydrogen) atoms. The van der Waals surface area contributed by atoms with Gasteiger partial charge in [0.25, 0.3) is 5.56 Å². The van der Waals surface area contributed by atoms with Gasteiger partial charge in [0, 0.05) is 24.6 Å². The Kier molecular flexibility index (Phi) is 3.90. The smallest absolute Gasteiger partial charge is 0.330 e. The van der Waals surface area contributed by atoms with Crippen LogP contribution < -0.4 is 16.0 Å². The standard InChI is InChI=1S/C13H13BrN2O3/c1-15-10(7-12(17)16(2)13(15)18)8-19-11-5-3-9(14)4-6-11/h3-7H,8H2,1-2H3. The monoisotopic (exact) mass is 324 g/mol. The maximum atomic E-state index is 11.7. The topological polar surface area (TPSA) is 53.2 Å². The van der Waals surface area contributed by atoms with Crippen LogP contribution in [0.3, 0.4) is 0 Å². The third-order valence-corrected chi connectivity index (χ3v) is 3.35. The largest absolute Gasteiger partial charge is 0.487 e. The molecule has 0 aliphatic heterocycles. The van der Waals surface area contributed by atoms with Gasteiger partial charge < -0.3 is 4.74 Å². The molecule has 6 heteroatoms. The molecule has 2 aromatic rings. The van der Waals surface area contributed by atoms with E-state index in [0.29, 0.717) is 11.4 Å². The Labute approximate surface area is 118 Å². The van der Waals surface area contributed by atoms with Gasteiger partial charge in [-0.25, -0.2) is 4.79 Å². The van der Waals surface area contributed by atoms with Crippen molar-refractivity contribution in [1.82, 2.24) is 9.13 Å². The first-order chi connectivity index (χ1) is 8.99. The van der Waals surface area contributed by atoms with Crippen molar-refractivity contribution >= 4 is 15.9 Å². The Balaban J connectivity index is 2.23. The first kappa shape index (κ1) is 13.6. The molecular formula is C13H13BrN2O3. The van der Waals surface area contributed by atoms with Gasteiger partial charge in [0.1, 0.15) is 12.4 Å². The van der Waals surface area contributed by atoms with Crippen molar-refractivity contribution in [2.75, 3.05) is 0 Å². The van der Waals surface area contributed by atoms with Crippen LogP contribution in [0.15, 0.2) is 44.4 Å². The van der Waals surface area contributed by atoms with Crippen LogP contribution >= 0.6 is 15.9 Å². The molecule has 0 bridgehead atoms. The summed E-state index contributed by atoms with van der Waals surface area (Å²) in [5, 5.41) is 0. The zero-order valence-corrected chi connectivity index (χ0v) is 12.2. The Bertz CT molecular complexity index is 701. The van der Waals surface area contributed by atoms with E-state index in [-0.39, 0.29) is 17.9 Å². The summed E-state index contributed by atoms with van der Waals surface area (Å²) in [6, 6.07) is 8.74. The van der Waals surface area contributed by atoms with Crippen LogP contribution in [0.1, 0.15) is 5.69 Å². The minimum Gasteiger partial charge on any atom is -0.487 e. The van der Waals surface area contributed by atoms with Gasteiger partial charge in [0.15, 0.2) is 0 Å². The summed E-state index contributed by atoms with van der Waals surface area (Å²) in [6.07, 6.45) is 0. The Morgan fingerprint density at radius 2 is 1.74 bits per heavy atom. The van der Waals surface area contributed by atoms with Crippen molar-refractivity contribution in [3.8, 4) is 5.75 Å². The summed E-state index contributed by atoms with van der Waals surface area (Å²) in [4.78, 5) is 23.3. The molecule has 0 saturated heterocycles. The number of ether oxygens (including phenoxy) is 1. The SMILES string of the molecule is Cn1c(COc2ccc(Br)cc2)cc(=O)n(C)c1=O. The Morgan fingerprint density at radius 1 is 1.11 bits per heavy atom. The van der Waals surface area contributed by atoms with E-state index < -0.39 is 0 Å². The molecule has 0 N–H and O–H groups in total. The van der Waals surface area contributed by atoms with Crippen molar-refractivity contribution in [3.63, 3.8) is 0 Å². The molecule has 1 aromatic heterocycles. The van der Waals surface area contributed by atoms with Crippen molar-refractivity contribution in [1.29, 1.82) is 0 Å². The predicted molar refractivity (Wildman–Crippen MR) is 75.4 cm³/mol. The minimum atomic E-state index is -0.359. The minimum absolute atomic E-state index is 0.170. The number of nitrogens with zero attached hydrogens (tertiary/aromatic N) is 2. The highest BCUT2D eigenvalue weighted by Gasteiger charge is 2.06. The fraction of sp³-hybridized carbons (Fsp3) is 0.231. The zero-order valence-electron chi connectivity index (χ0n) is 10.6. The van der Waals surface area contributed by atoms with Gasteiger partial charge >= 0.3 is 5.69 Å². The summed E-state index contributed by atoms with van der Waals surface area (Å²) in [7, 11) is 3.06. The number of aromatic nitrogens is 2. The van der Waals surface area contributed by atoms with E-state index in [0.717, 1.165) is 9.04 Å². The average molecular weight is 325 g/mol. The predicted octanol–water partition coefficient (Wildman–Crippen LogP) is 1.43. The molecule has 0 aliphatic rings. The van der Waals surface area contributed by atoms with E-state index in [1.807, 2.05) is 24.3 Å². The summed E-state index contributed by atoms with van der Waals surface area (Å²) in [5.41, 5.74) is -0.157. The number of halogens is 1. The molecule has 0 aliphatic carbocycles. The molecule has 0 amide bonds. The van der Waals surface area contributed by atoms with Gasteiger partial charge in [-0.05, 0) is 24.3 Å². The van der Waals surface area contributed by atoms with Crippen LogP contribution in [0.25, 0.3) is 0 Å². The lowest BCUT2D eigenvalue weighted by Gasteiger charge is -2.10. The normalized spacial score (nSPS) is 10.5. The van der Waals surface area contributed by atoms with Gasteiger partial charge in [-0.15, -0.1) is 0 Å². The molecular weight excluding hydrogens is 312 g/mol. The van der Waals surface area contributed by atoms with E-state index in [2.05, 4.69) is 15.9 Å². The van der Waals surface area contributed by atoms with E-state index in [4.69, 9.17) is 4.74 Å². The van der Waals surface area contributed by atoms with Gasteiger partial charge in [-0.2, -0.15) is 0 Å². The summed E-state index contributed by atoms with van der Waals surface area (Å²) in [5.74, 6) is 0.677. The number of hydrogen-bond acceptors (Lipinski definition) is 3. The van der Waals surface area contributed by atoms with Crippen LogP contribution in [0.4, 0.5) is 0 Å². The maximum absolute atomic E-state index is 11.7. The van der Waals surface area contributed by atoms with Gasteiger partial charge in [-0.1, -0.05) is 15.9 Å². The quantitative estimate of drug-likeness (QED) is 0.858. The van der Waals surface area contributed by atoms with Crippen molar-refractivity contribution in [2.45, 2.75) is 6.61 Å². The van der Waals surface area contributed by atoms with Crippen LogP contribution in [0.5, 0.6) is 5.75 Å². The lowest BCUT2D eigenvalue weighted by molar-refractivity contribution is 0.293. The van der Waals surface area contributed by atoms with Gasteiger partial charge in [-0.3, -0.25) is 13.9 Å². The fourth-order valence-electron chi connectivity index (χ4n) is 1.60. The second-order valence-corrected chi connectivity index (χ2v) is 5.03. The number of benzene rings is 1. The van der Waals surface area contributed by atoms with Crippen LogP contribution in [0.2, 0.25) is 0 Å². The molecule has 1 aromatic carbocycles. The highest BCUT2D eigenvalue weighted by molar-refractivity contribution is 9.10. The van der Waals surface area contributed by atoms with E-state index in [9.17, 15) is 9.59 Å². The lowest BCUT2D eigenvalue weighted by atomic mass is 10.3. The third-order valence-electron chi connectivity index (χ3n) is 2.83. The Hall–Kier alpha value is -1.82. The second-order valence-electron chi connectivity index (χ2n) is 4.12. The van der Waals surface area contributed by atoms with Crippen LogP contribution in [0, 0.1) is 0 Å². The lowest BCUT2D eigenvalue weighted by Crippen LogP contribution is -2.38. The summed E-state index contributed by atoms with van der Waals surface area (Å²) >= 11 is 3.34. The average Bonchev–Trinajstić information content (AvgIpc) is 2.41. The first-order valence-electron chi connectivity index (χ1n) is 5.63. The molecule has 100 valence electrons. The molecule has 0 unspecified atom stereocenters. The van der Waals surface area contributed by atoms with Crippen molar-refractivity contribution in [3.05, 3.63) is 61.3 Å². The molecule has 0 atom stereocenters. The van der Waals surface area contributed by atoms with Crippen molar-refractivity contribution in [2.24, 2.45) is 14.1 Å². The van der Waals surface area contributed by atoms with Crippen LogP contribution in [-0.4, -0.2) is 9.13 Å². The first-order valence-corrected chi connectivity index (χ1v) is 6.42. The molecule has 0 saturated carbocycles. The highest BCUT2D eigenvalue weighted by Crippen LogP contribution is 2.16. The van der Waals surface area contributed by atoms with Crippen LogP contribution in [-0.2, 0) is 20.7 Å². The molecule has 1 heterocycles. The molecule has 5 nitrogen and oxygen atoms in total. The number of hydrogen-bond donors (Lipinski definition) is 0. The molecule has 2 rings (SSSR count). The summed E-state index contributed by atoms with van der Waals surface area (Å²) < 4.78 is 8.97. The maximum Gasteiger partial charge on any atom is 0.330 e. The zero-order chi connectivity index (χ0) is 14.0. The highest BCUT2D eigenvalue weighted by atomic mass is 79.9. The Morgan fingerprint density at radius 3 is 2.37 bits per heavy atom.